The van der Waals surface area contributed by atoms with Crippen LogP contribution in [-0.2, 0) is 22.1 Å². The number of ether oxygens (including phenoxy) is 1. The number of fused-ring (bicyclic) bond motifs is 1. The molecule has 3 rings (SSSR count). The molecule has 1 heterocycles. The Bertz CT molecular complexity index is 1020. The van der Waals surface area contributed by atoms with Crippen LogP contribution in [0.25, 0.3) is 11.0 Å². The molecule has 2 aromatic carbocycles. The maximum absolute atomic E-state index is 12.2. The third-order valence-electron chi connectivity index (χ3n) is 3.57. The lowest BCUT2D eigenvalue weighted by Gasteiger charge is -2.08. The smallest absolute Gasteiger partial charge is 0.338 e. The first-order chi connectivity index (χ1) is 11.9. The summed E-state index contributed by atoms with van der Waals surface area (Å²) in [6, 6.07) is 13.0. The molecule has 7 heteroatoms. The van der Waals surface area contributed by atoms with Crippen molar-refractivity contribution in [1.82, 2.24) is 0 Å². The summed E-state index contributed by atoms with van der Waals surface area (Å²) in [5.41, 5.74) is 0.830. The van der Waals surface area contributed by atoms with Crippen molar-refractivity contribution in [3.8, 4) is 0 Å². The number of halogens is 1. The molecule has 3 aromatic rings. The van der Waals surface area contributed by atoms with E-state index in [9.17, 15) is 13.8 Å². The van der Waals surface area contributed by atoms with Crippen molar-refractivity contribution in [2.75, 3.05) is 6.26 Å². The first kappa shape index (κ1) is 17.6. The highest BCUT2D eigenvalue weighted by Gasteiger charge is 2.11. The van der Waals surface area contributed by atoms with E-state index in [1.54, 1.807) is 42.7 Å². The number of esters is 1. The Morgan fingerprint density at radius 1 is 1.16 bits per heavy atom. The van der Waals surface area contributed by atoms with Crippen LogP contribution in [0.15, 0.2) is 67.1 Å². The Balaban J connectivity index is 1.81. The molecule has 25 heavy (non-hydrogen) atoms. The molecule has 1 atom stereocenters. The van der Waals surface area contributed by atoms with Gasteiger partial charge in [-0.1, -0.05) is 15.9 Å². The maximum atomic E-state index is 12.2. The molecule has 0 saturated carbocycles. The van der Waals surface area contributed by atoms with E-state index in [2.05, 4.69) is 15.9 Å². The molecule has 0 spiro atoms. The largest absolute Gasteiger partial charge is 0.457 e. The highest BCUT2D eigenvalue weighted by atomic mass is 79.9. The second-order valence-corrected chi connectivity index (χ2v) is 7.58. The lowest BCUT2D eigenvalue weighted by atomic mass is 10.1. The lowest BCUT2D eigenvalue weighted by molar-refractivity contribution is 0.0473. The molecule has 1 aromatic heterocycles. The molecule has 0 fully saturated rings. The standard InChI is InChI=1S/C18H13BrO5S/c1-25(22)14-5-2-11(3-6-14)18(21)23-10-12-8-17(20)24-16-9-13(19)4-7-15(12)16/h2-9H,10H2,1H3. The second kappa shape index (κ2) is 7.33. The van der Waals surface area contributed by atoms with Crippen molar-refractivity contribution in [3.05, 3.63) is 74.6 Å². The number of benzene rings is 2. The van der Waals surface area contributed by atoms with Gasteiger partial charge in [0.2, 0.25) is 0 Å². The van der Waals surface area contributed by atoms with Gasteiger partial charge in [0.05, 0.1) is 5.56 Å². The molecule has 0 saturated heterocycles. The fourth-order valence-electron chi connectivity index (χ4n) is 2.33. The van der Waals surface area contributed by atoms with E-state index in [0.717, 1.165) is 4.47 Å². The van der Waals surface area contributed by atoms with E-state index in [4.69, 9.17) is 9.15 Å². The van der Waals surface area contributed by atoms with Gasteiger partial charge in [0.25, 0.3) is 0 Å². The van der Waals surface area contributed by atoms with Crippen molar-refractivity contribution < 1.29 is 18.2 Å². The van der Waals surface area contributed by atoms with Crippen LogP contribution >= 0.6 is 15.9 Å². The molecule has 0 amide bonds. The van der Waals surface area contributed by atoms with Gasteiger partial charge in [0.15, 0.2) is 0 Å². The van der Waals surface area contributed by atoms with E-state index in [1.807, 2.05) is 6.07 Å². The van der Waals surface area contributed by atoms with Gasteiger partial charge in [0.1, 0.15) is 12.2 Å². The van der Waals surface area contributed by atoms with Crippen LogP contribution in [-0.4, -0.2) is 16.4 Å². The van der Waals surface area contributed by atoms with E-state index in [-0.39, 0.29) is 6.61 Å². The number of hydrogen-bond donors (Lipinski definition) is 0. The van der Waals surface area contributed by atoms with Gasteiger partial charge < -0.3 is 9.15 Å². The summed E-state index contributed by atoms with van der Waals surface area (Å²) in [5.74, 6) is -0.521. The lowest BCUT2D eigenvalue weighted by Crippen LogP contribution is -2.08. The minimum atomic E-state index is -1.11. The molecule has 1 unspecified atom stereocenters. The van der Waals surface area contributed by atoms with Gasteiger partial charge >= 0.3 is 11.6 Å². The molecule has 0 aliphatic rings. The monoisotopic (exact) mass is 420 g/mol. The Morgan fingerprint density at radius 3 is 2.56 bits per heavy atom. The summed E-state index contributed by atoms with van der Waals surface area (Å²) < 4.78 is 22.6. The van der Waals surface area contributed by atoms with Crippen LogP contribution in [0.5, 0.6) is 0 Å². The third-order valence-corrected chi connectivity index (χ3v) is 5.00. The van der Waals surface area contributed by atoms with E-state index in [1.165, 1.54) is 6.07 Å². The summed E-state index contributed by atoms with van der Waals surface area (Å²) in [7, 11) is -1.11. The molecule has 5 nitrogen and oxygen atoms in total. The number of hydrogen-bond acceptors (Lipinski definition) is 5. The number of carbonyl (C=O) groups excluding carboxylic acids is 1. The summed E-state index contributed by atoms with van der Waals surface area (Å²) in [6.07, 6.45) is 1.57. The van der Waals surface area contributed by atoms with Crippen LogP contribution in [0.1, 0.15) is 15.9 Å². The van der Waals surface area contributed by atoms with Crippen molar-refractivity contribution in [3.63, 3.8) is 0 Å². The van der Waals surface area contributed by atoms with Crippen LogP contribution in [0.3, 0.4) is 0 Å². The van der Waals surface area contributed by atoms with Crippen LogP contribution < -0.4 is 5.63 Å². The molecule has 0 bridgehead atoms. The van der Waals surface area contributed by atoms with Crippen molar-refractivity contribution in [2.24, 2.45) is 0 Å². The SMILES string of the molecule is CS(=O)c1ccc(C(=O)OCc2cc(=O)oc3cc(Br)ccc23)cc1. The van der Waals surface area contributed by atoms with Crippen molar-refractivity contribution >= 4 is 43.7 Å². The predicted octanol–water partition coefficient (Wildman–Crippen LogP) is 3.65. The first-order valence-electron chi connectivity index (χ1n) is 7.27. The Hall–Kier alpha value is -2.25. The first-order valence-corrected chi connectivity index (χ1v) is 9.62. The molecule has 0 aliphatic carbocycles. The zero-order valence-electron chi connectivity index (χ0n) is 13.2. The van der Waals surface area contributed by atoms with E-state index < -0.39 is 22.4 Å². The zero-order chi connectivity index (χ0) is 18.0. The summed E-state index contributed by atoms with van der Waals surface area (Å²) in [5, 5.41) is 0.701. The normalized spacial score (nSPS) is 12.1. The average molecular weight is 421 g/mol. The van der Waals surface area contributed by atoms with Gasteiger partial charge in [-0.25, -0.2) is 9.59 Å². The van der Waals surface area contributed by atoms with Crippen LogP contribution in [0.4, 0.5) is 0 Å². The van der Waals surface area contributed by atoms with Gasteiger partial charge in [-0.2, -0.15) is 0 Å². The Labute approximate surface area is 154 Å². The minimum Gasteiger partial charge on any atom is -0.457 e. The number of carbonyl (C=O) groups is 1. The fourth-order valence-corrected chi connectivity index (χ4v) is 3.19. The fraction of sp³-hybridized carbons (Fsp3) is 0.111. The van der Waals surface area contributed by atoms with E-state index in [0.29, 0.717) is 27.0 Å². The Morgan fingerprint density at radius 2 is 1.88 bits per heavy atom. The molecular formula is C18H13BrO5S. The molecular weight excluding hydrogens is 408 g/mol. The van der Waals surface area contributed by atoms with Crippen molar-refractivity contribution in [1.29, 1.82) is 0 Å². The van der Waals surface area contributed by atoms with Crippen molar-refractivity contribution in [2.45, 2.75) is 11.5 Å². The predicted molar refractivity (Wildman–Crippen MR) is 98.1 cm³/mol. The maximum Gasteiger partial charge on any atom is 0.338 e. The quantitative estimate of drug-likeness (QED) is 0.475. The van der Waals surface area contributed by atoms with Crippen LogP contribution in [0, 0.1) is 0 Å². The highest BCUT2D eigenvalue weighted by molar-refractivity contribution is 9.10. The summed E-state index contributed by atoms with van der Waals surface area (Å²) >= 11 is 3.32. The topological polar surface area (TPSA) is 73.6 Å². The summed E-state index contributed by atoms with van der Waals surface area (Å²) in [4.78, 5) is 24.5. The van der Waals surface area contributed by atoms with Gasteiger partial charge in [-0.15, -0.1) is 0 Å². The summed E-state index contributed by atoms with van der Waals surface area (Å²) in [6.45, 7) is -0.0516. The molecule has 0 N–H and O–H groups in total. The molecule has 0 aliphatic heterocycles. The number of rotatable bonds is 4. The Kier molecular flexibility index (Phi) is 5.15. The van der Waals surface area contributed by atoms with E-state index >= 15 is 0 Å². The van der Waals surface area contributed by atoms with Crippen LogP contribution in [0.2, 0.25) is 0 Å². The van der Waals surface area contributed by atoms with Gasteiger partial charge in [-0.3, -0.25) is 4.21 Å². The second-order valence-electron chi connectivity index (χ2n) is 5.29. The highest BCUT2D eigenvalue weighted by Crippen LogP contribution is 2.22. The molecule has 0 radical (unpaired) electrons. The zero-order valence-corrected chi connectivity index (χ0v) is 15.6. The minimum absolute atomic E-state index is 0.0516. The van der Waals surface area contributed by atoms with Gasteiger partial charge in [-0.05, 0) is 42.5 Å². The third kappa shape index (κ3) is 4.05. The molecule has 128 valence electrons. The average Bonchev–Trinajstić information content (AvgIpc) is 2.58. The van der Waals surface area contributed by atoms with Gasteiger partial charge in [0, 0.05) is 43.4 Å².